The summed E-state index contributed by atoms with van der Waals surface area (Å²) in [5, 5.41) is 8.33. The third-order valence-corrected chi connectivity index (χ3v) is 6.95. The van der Waals surface area contributed by atoms with E-state index in [0.717, 1.165) is 6.42 Å². The number of hydrogen-bond acceptors (Lipinski definition) is 5. The molecule has 1 aromatic carbocycles. The molecule has 4 nitrogen and oxygen atoms in total. The fraction of sp³-hybridized carbons (Fsp3) is 0.480. The second-order valence-corrected chi connectivity index (χ2v) is 10.4. The van der Waals surface area contributed by atoms with Gasteiger partial charge in [-0.3, -0.25) is 4.79 Å². The molecule has 0 radical (unpaired) electrons. The van der Waals surface area contributed by atoms with Gasteiger partial charge in [0.15, 0.2) is 0 Å². The van der Waals surface area contributed by atoms with Crippen LogP contribution in [-0.4, -0.2) is 27.5 Å². The Morgan fingerprint density at radius 2 is 1.90 bits per heavy atom. The van der Waals surface area contributed by atoms with Crippen LogP contribution >= 0.6 is 11.8 Å². The average molecular weight is 423 g/mol. The van der Waals surface area contributed by atoms with E-state index in [2.05, 4.69) is 74.9 Å². The Balaban J connectivity index is 1.86. The highest BCUT2D eigenvalue weighted by Crippen LogP contribution is 2.54. The molecule has 1 aromatic heterocycles. The maximum absolute atomic E-state index is 11.6. The lowest BCUT2D eigenvalue weighted by atomic mass is 9.68. The van der Waals surface area contributed by atoms with Gasteiger partial charge in [0.25, 0.3) is 0 Å². The van der Waals surface area contributed by atoms with Crippen molar-refractivity contribution in [1.29, 1.82) is 0 Å². The second kappa shape index (κ2) is 8.81. The van der Waals surface area contributed by atoms with Crippen LogP contribution in [0.2, 0.25) is 0 Å². The van der Waals surface area contributed by atoms with Crippen LogP contribution in [0.3, 0.4) is 0 Å². The lowest BCUT2D eigenvalue weighted by Crippen LogP contribution is -2.44. The zero-order valence-electron chi connectivity index (χ0n) is 18.7. The molecular formula is C25H30N2O2S. The van der Waals surface area contributed by atoms with Gasteiger partial charge in [-0.25, -0.2) is 0 Å². The van der Waals surface area contributed by atoms with Crippen molar-refractivity contribution in [3.8, 4) is 11.8 Å². The van der Waals surface area contributed by atoms with Crippen molar-refractivity contribution >= 4 is 17.7 Å². The SMILES string of the molecule is CCOC(=O)Cc1ccc(C#CC2C(C)(C)Sc3cc(CC)ccc3C2(C)C)nn1. The first-order valence-electron chi connectivity index (χ1n) is 10.5. The van der Waals surface area contributed by atoms with E-state index < -0.39 is 0 Å². The van der Waals surface area contributed by atoms with Gasteiger partial charge in [-0.05, 0) is 62.4 Å². The summed E-state index contributed by atoms with van der Waals surface area (Å²) in [7, 11) is 0. The normalized spacial score (nSPS) is 18.7. The minimum atomic E-state index is -0.293. The third-order valence-electron chi connectivity index (χ3n) is 5.63. The topological polar surface area (TPSA) is 52.1 Å². The lowest BCUT2D eigenvalue weighted by molar-refractivity contribution is -0.142. The molecule has 1 atom stereocenters. The molecule has 1 aliphatic rings. The van der Waals surface area contributed by atoms with E-state index in [1.54, 1.807) is 13.0 Å². The minimum Gasteiger partial charge on any atom is -0.466 e. The summed E-state index contributed by atoms with van der Waals surface area (Å²) in [4.78, 5) is 13.0. The lowest BCUT2D eigenvalue weighted by Gasteiger charge is -2.47. The first kappa shape index (κ1) is 22.4. The first-order valence-corrected chi connectivity index (χ1v) is 11.3. The summed E-state index contributed by atoms with van der Waals surface area (Å²) in [6, 6.07) is 10.5. The summed E-state index contributed by atoms with van der Waals surface area (Å²) in [6.45, 7) is 13.5. The summed E-state index contributed by atoms with van der Waals surface area (Å²) < 4.78 is 4.92. The number of rotatable bonds is 4. The summed E-state index contributed by atoms with van der Waals surface area (Å²) in [6.07, 6.45) is 1.17. The molecule has 0 aliphatic carbocycles. The maximum atomic E-state index is 11.6. The third kappa shape index (κ3) is 4.70. The summed E-state index contributed by atoms with van der Waals surface area (Å²) in [5.41, 5.74) is 3.86. The molecule has 1 unspecified atom stereocenters. The van der Waals surface area contributed by atoms with Crippen LogP contribution in [0.4, 0.5) is 0 Å². The molecule has 0 spiro atoms. The van der Waals surface area contributed by atoms with Crippen molar-refractivity contribution in [3.05, 3.63) is 52.8 Å². The quantitative estimate of drug-likeness (QED) is 0.514. The molecule has 1 aliphatic heterocycles. The number of aryl methyl sites for hydroxylation is 1. The molecule has 0 amide bonds. The molecule has 0 saturated carbocycles. The van der Waals surface area contributed by atoms with Gasteiger partial charge in [0, 0.05) is 21.0 Å². The standard InChI is InChI=1S/C25H30N2O2S/c1-7-17-9-13-20-21(15-17)30-25(5,6)22(24(20,3)4)14-12-18-10-11-19(27-26-18)16-23(28)29-8-2/h9-11,13,15,22H,7-8,16H2,1-6H3. The Bertz CT molecular complexity index is 984. The monoisotopic (exact) mass is 422 g/mol. The van der Waals surface area contributed by atoms with Gasteiger partial charge in [-0.1, -0.05) is 38.8 Å². The highest BCUT2D eigenvalue weighted by Gasteiger charge is 2.46. The van der Waals surface area contributed by atoms with Crippen LogP contribution in [-0.2, 0) is 27.8 Å². The number of ether oxygens (including phenoxy) is 1. The zero-order valence-corrected chi connectivity index (χ0v) is 19.5. The molecule has 0 N–H and O–H groups in total. The Morgan fingerprint density at radius 3 is 2.53 bits per heavy atom. The molecule has 2 aromatic rings. The number of esters is 1. The number of nitrogens with zero attached hydrogens (tertiary/aromatic N) is 2. The van der Waals surface area contributed by atoms with Crippen LogP contribution in [0.15, 0.2) is 35.2 Å². The molecule has 0 fully saturated rings. The number of fused-ring (bicyclic) bond motifs is 1. The molecule has 5 heteroatoms. The maximum Gasteiger partial charge on any atom is 0.311 e. The Kier molecular flexibility index (Phi) is 6.57. The molecule has 2 heterocycles. The number of benzene rings is 1. The van der Waals surface area contributed by atoms with E-state index in [1.165, 1.54) is 16.0 Å². The predicted octanol–water partition coefficient (Wildman–Crippen LogP) is 4.97. The van der Waals surface area contributed by atoms with Gasteiger partial charge in [-0.2, -0.15) is 5.10 Å². The van der Waals surface area contributed by atoms with Gasteiger partial charge in [0.05, 0.1) is 18.7 Å². The Hall–Kier alpha value is -2.32. The highest BCUT2D eigenvalue weighted by atomic mass is 32.2. The van der Waals surface area contributed by atoms with Crippen molar-refractivity contribution in [2.45, 2.75) is 69.4 Å². The van der Waals surface area contributed by atoms with Crippen LogP contribution < -0.4 is 0 Å². The van der Waals surface area contributed by atoms with Gasteiger partial charge < -0.3 is 4.74 Å². The van der Waals surface area contributed by atoms with E-state index in [1.807, 2.05) is 17.8 Å². The fourth-order valence-electron chi connectivity index (χ4n) is 4.15. The number of carbonyl (C=O) groups excluding carboxylic acids is 1. The number of carbonyl (C=O) groups is 1. The van der Waals surface area contributed by atoms with Gasteiger partial charge in [0.2, 0.25) is 0 Å². The van der Waals surface area contributed by atoms with E-state index in [4.69, 9.17) is 4.74 Å². The van der Waals surface area contributed by atoms with E-state index >= 15 is 0 Å². The zero-order chi connectivity index (χ0) is 21.9. The smallest absolute Gasteiger partial charge is 0.311 e. The Morgan fingerprint density at radius 1 is 1.13 bits per heavy atom. The van der Waals surface area contributed by atoms with E-state index in [-0.39, 0.29) is 28.5 Å². The predicted molar refractivity (Wildman–Crippen MR) is 122 cm³/mol. The van der Waals surface area contributed by atoms with Gasteiger partial charge in [-0.15, -0.1) is 16.9 Å². The molecule has 0 saturated heterocycles. The average Bonchev–Trinajstić information content (AvgIpc) is 2.68. The first-order chi connectivity index (χ1) is 14.2. The Labute approximate surface area is 184 Å². The molecule has 30 heavy (non-hydrogen) atoms. The summed E-state index contributed by atoms with van der Waals surface area (Å²) in [5.74, 6) is 6.59. The van der Waals surface area contributed by atoms with Crippen molar-refractivity contribution in [1.82, 2.24) is 10.2 Å². The highest BCUT2D eigenvalue weighted by molar-refractivity contribution is 8.00. The molecule has 3 rings (SSSR count). The van der Waals surface area contributed by atoms with Crippen molar-refractivity contribution < 1.29 is 9.53 Å². The van der Waals surface area contributed by atoms with Crippen molar-refractivity contribution in [2.24, 2.45) is 5.92 Å². The fourth-order valence-corrected chi connectivity index (χ4v) is 5.84. The van der Waals surface area contributed by atoms with Gasteiger partial charge in [0.1, 0.15) is 5.69 Å². The number of thioether (sulfide) groups is 1. The number of aromatic nitrogens is 2. The van der Waals surface area contributed by atoms with Crippen LogP contribution in [0.5, 0.6) is 0 Å². The van der Waals surface area contributed by atoms with Crippen LogP contribution in [0.1, 0.15) is 64.1 Å². The minimum absolute atomic E-state index is 0.0346. The summed E-state index contributed by atoms with van der Waals surface area (Å²) >= 11 is 1.91. The largest absolute Gasteiger partial charge is 0.466 e. The van der Waals surface area contributed by atoms with E-state index in [0.29, 0.717) is 18.0 Å². The van der Waals surface area contributed by atoms with Crippen molar-refractivity contribution in [2.75, 3.05) is 6.61 Å². The van der Waals surface area contributed by atoms with Gasteiger partial charge >= 0.3 is 5.97 Å². The molecule has 0 bridgehead atoms. The molecular weight excluding hydrogens is 392 g/mol. The van der Waals surface area contributed by atoms with Crippen LogP contribution in [0, 0.1) is 17.8 Å². The molecule has 158 valence electrons. The number of hydrogen-bond donors (Lipinski definition) is 0. The second-order valence-electron chi connectivity index (χ2n) is 8.71. The van der Waals surface area contributed by atoms with Crippen molar-refractivity contribution in [3.63, 3.8) is 0 Å². The van der Waals surface area contributed by atoms with E-state index in [9.17, 15) is 4.79 Å². The van der Waals surface area contributed by atoms with Crippen LogP contribution in [0.25, 0.3) is 0 Å².